The van der Waals surface area contributed by atoms with Gasteiger partial charge in [-0.25, -0.2) is 0 Å². The number of carbonyl (C=O) groups is 1. The normalized spacial score (nSPS) is 21.5. The van der Waals surface area contributed by atoms with Crippen molar-refractivity contribution in [3.63, 3.8) is 0 Å². The highest BCUT2D eigenvalue weighted by Gasteiger charge is 2.28. The van der Waals surface area contributed by atoms with Gasteiger partial charge in [-0.2, -0.15) is 0 Å². The van der Waals surface area contributed by atoms with Crippen molar-refractivity contribution in [1.29, 1.82) is 0 Å². The summed E-state index contributed by atoms with van der Waals surface area (Å²) in [5.74, 6) is 0.0652. The van der Waals surface area contributed by atoms with E-state index >= 15 is 0 Å². The molecular formula is C17H26Cl2N4O2. The number of anilines is 1. The highest BCUT2D eigenvalue weighted by atomic mass is 35.5. The minimum atomic E-state index is -0.207. The summed E-state index contributed by atoms with van der Waals surface area (Å²) < 4.78 is 5.34. The van der Waals surface area contributed by atoms with Gasteiger partial charge in [0, 0.05) is 56.5 Å². The van der Waals surface area contributed by atoms with E-state index in [0.29, 0.717) is 18.1 Å². The number of halogens is 2. The van der Waals surface area contributed by atoms with Crippen molar-refractivity contribution in [2.75, 3.05) is 63.9 Å². The van der Waals surface area contributed by atoms with Crippen LogP contribution in [-0.4, -0.2) is 75.9 Å². The third-order valence-electron chi connectivity index (χ3n) is 4.52. The molecule has 2 fully saturated rings. The molecule has 6 nitrogen and oxygen atoms in total. The molecule has 1 aromatic carbocycles. The standard InChI is InChI=1S/C17H25ClN4O2.ClH/c18-14-2-1-3-15(12-14)22-7-4-19-13-16(22)17(23)20-5-6-21-8-10-24-11-9-21;/h1-3,12,16,19H,4-11,13H2,(H,20,23);1H. The Labute approximate surface area is 160 Å². The number of hydrogen-bond donors (Lipinski definition) is 2. The first kappa shape index (κ1) is 20.3. The Hall–Kier alpha value is -1.05. The van der Waals surface area contributed by atoms with Gasteiger partial charge in [0.05, 0.1) is 13.2 Å². The van der Waals surface area contributed by atoms with Crippen LogP contribution in [0.3, 0.4) is 0 Å². The molecule has 3 rings (SSSR count). The van der Waals surface area contributed by atoms with Gasteiger partial charge in [-0.05, 0) is 18.2 Å². The van der Waals surface area contributed by atoms with Crippen LogP contribution in [0.1, 0.15) is 0 Å². The lowest BCUT2D eigenvalue weighted by molar-refractivity contribution is -0.122. The van der Waals surface area contributed by atoms with Crippen LogP contribution in [0.5, 0.6) is 0 Å². The lowest BCUT2D eigenvalue weighted by Crippen LogP contribution is -2.58. The molecular weight excluding hydrogens is 363 g/mol. The Morgan fingerprint density at radius 2 is 2.12 bits per heavy atom. The monoisotopic (exact) mass is 388 g/mol. The van der Waals surface area contributed by atoms with Crippen molar-refractivity contribution < 1.29 is 9.53 Å². The van der Waals surface area contributed by atoms with Crippen LogP contribution >= 0.6 is 24.0 Å². The summed E-state index contributed by atoms with van der Waals surface area (Å²) in [5.41, 5.74) is 0.998. The number of nitrogens with zero attached hydrogens (tertiary/aromatic N) is 2. The van der Waals surface area contributed by atoms with E-state index in [4.69, 9.17) is 16.3 Å². The molecule has 8 heteroatoms. The van der Waals surface area contributed by atoms with Crippen LogP contribution in [-0.2, 0) is 9.53 Å². The zero-order valence-corrected chi connectivity index (χ0v) is 15.8. The van der Waals surface area contributed by atoms with Crippen LogP contribution in [0.15, 0.2) is 24.3 Å². The van der Waals surface area contributed by atoms with Crippen molar-refractivity contribution in [2.45, 2.75) is 6.04 Å². The maximum Gasteiger partial charge on any atom is 0.244 e. The van der Waals surface area contributed by atoms with E-state index in [0.717, 1.165) is 51.6 Å². The third kappa shape index (κ3) is 5.72. The molecule has 0 spiro atoms. The summed E-state index contributed by atoms with van der Waals surface area (Å²) in [6.45, 7) is 7.28. The van der Waals surface area contributed by atoms with Crippen molar-refractivity contribution in [1.82, 2.24) is 15.5 Å². The first-order chi connectivity index (χ1) is 11.7. The fourth-order valence-corrected chi connectivity index (χ4v) is 3.37. The van der Waals surface area contributed by atoms with Gasteiger partial charge in [-0.3, -0.25) is 9.69 Å². The quantitative estimate of drug-likeness (QED) is 0.787. The van der Waals surface area contributed by atoms with E-state index in [1.165, 1.54) is 0 Å². The van der Waals surface area contributed by atoms with Gasteiger partial charge < -0.3 is 20.3 Å². The molecule has 0 aromatic heterocycles. The van der Waals surface area contributed by atoms with E-state index < -0.39 is 0 Å². The maximum absolute atomic E-state index is 12.6. The Kier molecular flexibility index (Phi) is 8.26. The number of benzene rings is 1. The molecule has 0 saturated carbocycles. The van der Waals surface area contributed by atoms with E-state index in [2.05, 4.69) is 20.4 Å². The Bertz CT molecular complexity index is 555. The number of amides is 1. The molecule has 1 amide bonds. The van der Waals surface area contributed by atoms with E-state index in [-0.39, 0.29) is 24.4 Å². The third-order valence-corrected chi connectivity index (χ3v) is 4.75. The lowest BCUT2D eigenvalue weighted by atomic mass is 10.1. The number of piperazine rings is 1. The first-order valence-corrected chi connectivity index (χ1v) is 8.92. The minimum absolute atomic E-state index is 0. The maximum atomic E-state index is 12.6. The second kappa shape index (κ2) is 10.2. The smallest absolute Gasteiger partial charge is 0.244 e. The van der Waals surface area contributed by atoms with Gasteiger partial charge in [-0.15, -0.1) is 12.4 Å². The summed E-state index contributed by atoms with van der Waals surface area (Å²) in [7, 11) is 0. The molecule has 2 aliphatic rings. The minimum Gasteiger partial charge on any atom is -0.379 e. The summed E-state index contributed by atoms with van der Waals surface area (Å²) in [5, 5.41) is 7.08. The van der Waals surface area contributed by atoms with Crippen molar-refractivity contribution in [2.24, 2.45) is 0 Å². The number of nitrogens with one attached hydrogen (secondary N) is 2. The van der Waals surface area contributed by atoms with Gasteiger partial charge in [0.25, 0.3) is 0 Å². The van der Waals surface area contributed by atoms with Gasteiger partial charge in [-0.1, -0.05) is 17.7 Å². The molecule has 2 N–H and O–H groups in total. The predicted molar refractivity (Wildman–Crippen MR) is 103 cm³/mol. The molecule has 25 heavy (non-hydrogen) atoms. The summed E-state index contributed by atoms with van der Waals surface area (Å²) in [4.78, 5) is 17.1. The van der Waals surface area contributed by atoms with Crippen molar-refractivity contribution in [3.8, 4) is 0 Å². The van der Waals surface area contributed by atoms with Crippen LogP contribution < -0.4 is 15.5 Å². The molecule has 2 saturated heterocycles. The fourth-order valence-electron chi connectivity index (χ4n) is 3.18. The molecule has 1 atom stereocenters. The molecule has 0 aliphatic carbocycles. The van der Waals surface area contributed by atoms with Crippen LogP contribution in [0.2, 0.25) is 5.02 Å². The number of rotatable bonds is 5. The molecule has 1 aromatic rings. The van der Waals surface area contributed by atoms with E-state index in [1.54, 1.807) is 0 Å². The molecule has 0 radical (unpaired) electrons. The number of ether oxygens (including phenoxy) is 1. The predicted octanol–water partition coefficient (Wildman–Crippen LogP) is 0.988. The van der Waals surface area contributed by atoms with Crippen molar-refractivity contribution >= 4 is 35.6 Å². The number of carbonyl (C=O) groups excluding carboxylic acids is 1. The summed E-state index contributed by atoms with van der Waals surface area (Å²) in [6.07, 6.45) is 0. The van der Waals surface area contributed by atoms with Gasteiger partial charge in [0.1, 0.15) is 6.04 Å². The highest BCUT2D eigenvalue weighted by Crippen LogP contribution is 2.22. The Balaban J connectivity index is 0.00000225. The Morgan fingerprint density at radius 1 is 1.32 bits per heavy atom. The second-order valence-corrected chi connectivity index (χ2v) is 6.57. The van der Waals surface area contributed by atoms with E-state index in [9.17, 15) is 4.79 Å². The second-order valence-electron chi connectivity index (χ2n) is 6.14. The van der Waals surface area contributed by atoms with E-state index in [1.807, 2.05) is 24.3 Å². The summed E-state index contributed by atoms with van der Waals surface area (Å²) >= 11 is 6.10. The molecule has 1 unspecified atom stereocenters. The van der Waals surface area contributed by atoms with Gasteiger partial charge in [0.15, 0.2) is 0 Å². The average Bonchev–Trinajstić information content (AvgIpc) is 2.62. The molecule has 140 valence electrons. The lowest BCUT2D eigenvalue weighted by Gasteiger charge is -2.37. The average molecular weight is 389 g/mol. The molecule has 2 heterocycles. The summed E-state index contributed by atoms with van der Waals surface area (Å²) in [6, 6.07) is 7.49. The van der Waals surface area contributed by atoms with Gasteiger partial charge in [0.2, 0.25) is 5.91 Å². The first-order valence-electron chi connectivity index (χ1n) is 8.55. The topological polar surface area (TPSA) is 56.8 Å². The SMILES string of the molecule is Cl.O=C(NCCN1CCOCC1)C1CNCCN1c1cccc(Cl)c1. The number of morpholine rings is 1. The largest absolute Gasteiger partial charge is 0.379 e. The zero-order chi connectivity index (χ0) is 16.8. The van der Waals surface area contributed by atoms with Crippen molar-refractivity contribution in [3.05, 3.63) is 29.3 Å². The highest BCUT2D eigenvalue weighted by molar-refractivity contribution is 6.30. The zero-order valence-electron chi connectivity index (χ0n) is 14.2. The number of hydrogen-bond acceptors (Lipinski definition) is 5. The van der Waals surface area contributed by atoms with Crippen LogP contribution in [0, 0.1) is 0 Å². The van der Waals surface area contributed by atoms with Crippen LogP contribution in [0.4, 0.5) is 5.69 Å². The van der Waals surface area contributed by atoms with Crippen LogP contribution in [0.25, 0.3) is 0 Å². The van der Waals surface area contributed by atoms with Gasteiger partial charge >= 0.3 is 0 Å². The molecule has 0 bridgehead atoms. The molecule has 2 aliphatic heterocycles. The Morgan fingerprint density at radius 3 is 2.88 bits per heavy atom. The fraction of sp³-hybridized carbons (Fsp3) is 0.588.